The predicted octanol–water partition coefficient (Wildman–Crippen LogP) is 3.63. The molecule has 2 aromatic rings. The molecule has 1 saturated carbocycles. The molecule has 0 unspecified atom stereocenters. The number of nitrogens with zero attached hydrogens (tertiary/aromatic N) is 1. The van der Waals surface area contributed by atoms with E-state index < -0.39 is 0 Å². The van der Waals surface area contributed by atoms with Gasteiger partial charge in [0.1, 0.15) is 0 Å². The van der Waals surface area contributed by atoms with Gasteiger partial charge in [-0.05, 0) is 60.7 Å². The Morgan fingerprint density at radius 1 is 1.10 bits per heavy atom. The van der Waals surface area contributed by atoms with Crippen LogP contribution in [0.25, 0.3) is 0 Å². The van der Waals surface area contributed by atoms with Gasteiger partial charge in [-0.15, -0.1) is 0 Å². The third kappa shape index (κ3) is 1.79. The van der Waals surface area contributed by atoms with Gasteiger partial charge in [0.2, 0.25) is 0 Å². The third-order valence-corrected chi connectivity index (χ3v) is 4.78. The van der Waals surface area contributed by atoms with Crippen LogP contribution in [0, 0.1) is 6.92 Å². The highest BCUT2D eigenvalue weighted by atomic mass is 15.2. The molecule has 4 rings (SSSR count). The molecule has 0 radical (unpaired) electrons. The van der Waals surface area contributed by atoms with Crippen molar-refractivity contribution in [3.05, 3.63) is 59.2 Å². The Balaban J connectivity index is 1.76. The van der Waals surface area contributed by atoms with Gasteiger partial charge < -0.3 is 10.6 Å². The number of nitrogen functional groups attached to an aromatic ring is 1. The van der Waals surface area contributed by atoms with Crippen molar-refractivity contribution in [2.45, 2.75) is 31.7 Å². The zero-order valence-electron chi connectivity index (χ0n) is 11.9. The van der Waals surface area contributed by atoms with E-state index in [4.69, 9.17) is 5.73 Å². The molecule has 0 amide bonds. The first-order chi connectivity index (χ1) is 9.66. The zero-order chi connectivity index (χ0) is 13.7. The van der Waals surface area contributed by atoms with Crippen LogP contribution in [0.5, 0.6) is 0 Å². The van der Waals surface area contributed by atoms with Gasteiger partial charge in [-0.3, -0.25) is 0 Å². The molecule has 1 spiro atoms. The van der Waals surface area contributed by atoms with Gasteiger partial charge in [-0.2, -0.15) is 0 Å². The summed E-state index contributed by atoms with van der Waals surface area (Å²) in [5.41, 5.74) is 12.9. The highest BCUT2D eigenvalue weighted by molar-refractivity contribution is 5.57. The quantitative estimate of drug-likeness (QED) is 0.797. The summed E-state index contributed by atoms with van der Waals surface area (Å²) in [6.07, 6.45) is 2.62. The first-order valence-electron chi connectivity index (χ1n) is 7.37. The lowest BCUT2D eigenvalue weighted by atomic mass is 9.86. The second kappa shape index (κ2) is 4.02. The molecule has 0 aromatic heterocycles. The van der Waals surface area contributed by atoms with E-state index in [1.54, 1.807) is 0 Å². The van der Waals surface area contributed by atoms with E-state index in [0.29, 0.717) is 5.41 Å². The minimum atomic E-state index is 0.394. The lowest BCUT2D eigenvalue weighted by Crippen LogP contribution is -2.38. The van der Waals surface area contributed by atoms with Crippen LogP contribution in [0.1, 0.15) is 29.5 Å². The first-order valence-corrected chi connectivity index (χ1v) is 7.37. The minimum Gasteiger partial charge on any atom is -0.399 e. The normalized spacial score (nSPS) is 18.9. The van der Waals surface area contributed by atoms with Crippen LogP contribution >= 0.6 is 0 Å². The highest BCUT2D eigenvalue weighted by Gasteiger charge is 2.49. The number of hydrogen-bond acceptors (Lipinski definition) is 2. The number of rotatable bonds is 1. The van der Waals surface area contributed by atoms with E-state index >= 15 is 0 Å². The fourth-order valence-electron chi connectivity index (χ4n) is 3.56. The molecule has 2 nitrogen and oxygen atoms in total. The maximum absolute atomic E-state index is 5.98. The van der Waals surface area contributed by atoms with E-state index in [1.165, 1.54) is 35.2 Å². The van der Waals surface area contributed by atoms with Gasteiger partial charge >= 0.3 is 0 Å². The van der Waals surface area contributed by atoms with E-state index in [9.17, 15) is 0 Å². The second-order valence-electron chi connectivity index (χ2n) is 6.39. The van der Waals surface area contributed by atoms with E-state index in [-0.39, 0.29) is 0 Å². The van der Waals surface area contributed by atoms with Crippen molar-refractivity contribution in [2.75, 3.05) is 17.2 Å². The van der Waals surface area contributed by atoms with Crippen molar-refractivity contribution in [1.29, 1.82) is 0 Å². The number of anilines is 2. The molecule has 0 saturated heterocycles. The molecule has 2 N–H and O–H groups in total. The van der Waals surface area contributed by atoms with Crippen molar-refractivity contribution in [3.8, 4) is 0 Å². The number of aryl methyl sites for hydroxylation is 1. The van der Waals surface area contributed by atoms with Crippen molar-refractivity contribution in [2.24, 2.45) is 0 Å². The monoisotopic (exact) mass is 264 g/mol. The molecule has 0 atom stereocenters. The summed E-state index contributed by atoms with van der Waals surface area (Å²) in [5, 5.41) is 0. The molecule has 20 heavy (non-hydrogen) atoms. The molecule has 1 aliphatic carbocycles. The molecular weight excluding hydrogens is 244 g/mol. The molecule has 0 bridgehead atoms. The fourth-order valence-corrected chi connectivity index (χ4v) is 3.56. The second-order valence-corrected chi connectivity index (χ2v) is 6.39. The van der Waals surface area contributed by atoms with Crippen molar-refractivity contribution in [1.82, 2.24) is 0 Å². The molecule has 1 aliphatic heterocycles. The van der Waals surface area contributed by atoms with Crippen LogP contribution in [0.4, 0.5) is 11.4 Å². The smallest absolute Gasteiger partial charge is 0.0433 e. The molecule has 1 fully saturated rings. The van der Waals surface area contributed by atoms with Gasteiger partial charge in [0.15, 0.2) is 0 Å². The number of nitrogens with two attached hydrogens (primary N) is 1. The van der Waals surface area contributed by atoms with E-state index in [1.807, 2.05) is 0 Å². The Morgan fingerprint density at radius 2 is 1.95 bits per heavy atom. The van der Waals surface area contributed by atoms with Crippen molar-refractivity contribution < 1.29 is 0 Å². The summed E-state index contributed by atoms with van der Waals surface area (Å²) in [7, 11) is 0. The van der Waals surface area contributed by atoms with Gasteiger partial charge in [0.25, 0.3) is 0 Å². The summed E-state index contributed by atoms with van der Waals surface area (Å²) in [6.45, 7) is 4.28. The van der Waals surface area contributed by atoms with Crippen molar-refractivity contribution in [3.63, 3.8) is 0 Å². The summed E-state index contributed by atoms with van der Waals surface area (Å²) >= 11 is 0. The Hall–Kier alpha value is -1.96. The van der Waals surface area contributed by atoms with Crippen LogP contribution in [0.3, 0.4) is 0 Å². The fraction of sp³-hybridized carbons (Fsp3) is 0.333. The lowest BCUT2D eigenvalue weighted by molar-refractivity contribution is 0.593. The topological polar surface area (TPSA) is 29.3 Å². The molecule has 102 valence electrons. The Kier molecular flexibility index (Phi) is 2.38. The standard InChI is InChI=1S/C18H20N2/c1-13-3-2-4-16(9-13)20-11-14-10-15(19)5-6-17(14)18(12-20)7-8-18/h2-6,9-10H,7-8,11-12,19H2,1H3. The summed E-state index contributed by atoms with van der Waals surface area (Å²) in [6, 6.07) is 15.3. The van der Waals surface area contributed by atoms with Crippen LogP contribution < -0.4 is 10.6 Å². The average Bonchev–Trinajstić information content (AvgIpc) is 3.18. The summed E-state index contributed by atoms with van der Waals surface area (Å²) in [4.78, 5) is 2.52. The third-order valence-electron chi connectivity index (χ3n) is 4.78. The zero-order valence-corrected chi connectivity index (χ0v) is 11.9. The van der Waals surface area contributed by atoms with Crippen LogP contribution in [0.2, 0.25) is 0 Å². The van der Waals surface area contributed by atoms with Crippen molar-refractivity contribution >= 4 is 11.4 Å². The van der Waals surface area contributed by atoms with Crippen LogP contribution in [0.15, 0.2) is 42.5 Å². The summed E-state index contributed by atoms with van der Waals surface area (Å²) < 4.78 is 0. The maximum Gasteiger partial charge on any atom is 0.0433 e. The highest BCUT2D eigenvalue weighted by Crippen LogP contribution is 2.53. The van der Waals surface area contributed by atoms with Crippen LogP contribution in [-0.2, 0) is 12.0 Å². The van der Waals surface area contributed by atoms with E-state index in [2.05, 4.69) is 54.3 Å². The maximum atomic E-state index is 5.98. The largest absolute Gasteiger partial charge is 0.399 e. The molecule has 1 heterocycles. The Labute approximate surface area is 120 Å². The van der Waals surface area contributed by atoms with Gasteiger partial charge in [-0.1, -0.05) is 18.2 Å². The molecule has 2 aromatic carbocycles. The first kappa shape index (κ1) is 11.8. The molecule has 2 aliphatic rings. The van der Waals surface area contributed by atoms with Gasteiger partial charge in [0.05, 0.1) is 0 Å². The average molecular weight is 264 g/mol. The summed E-state index contributed by atoms with van der Waals surface area (Å²) in [5.74, 6) is 0. The Bertz CT molecular complexity index is 671. The predicted molar refractivity (Wildman–Crippen MR) is 84.0 cm³/mol. The number of benzene rings is 2. The van der Waals surface area contributed by atoms with Gasteiger partial charge in [-0.25, -0.2) is 0 Å². The number of fused-ring (bicyclic) bond motifs is 2. The number of hydrogen-bond donors (Lipinski definition) is 1. The lowest BCUT2D eigenvalue weighted by Gasteiger charge is -2.37. The minimum absolute atomic E-state index is 0.394. The van der Waals surface area contributed by atoms with Gasteiger partial charge in [0, 0.05) is 29.9 Å². The molecular formula is C18H20N2. The SMILES string of the molecule is Cc1cccc(N2Cc3cc(N)ccc3C3(CC3)C2)c1. The van der Waals surface area contributed by atoms with Crippen LogP contribution in [-0.4, -0.2) is 6.54 Å². The Morgan fingerprint density at radius 3 is 2.70 bits per heavy atom. The molecule has 2 heteroatoms. The van der Waals surface area contributed by atoms with E-state index in [0.717, 1.165) is 18.8 Å².